The molecule has 7 nitrogen and oxygen atoms in total. The summed E-state index contributed by atoms with van der Waals surface area (Å²) in [7, 11) is 0. The summed E-state index contributed by atoms with van der Waals surface area (Å²) in [5, 5.41) is 5.84. The van der Waals surface area contributed by atoms with Crippen LogP contribution in [0.3, 0.4) is 0 Å². The Morgan fingerprint density at radius 2 is 1.83 bits per heavy atom. The van der Waals surface area contributed by atoms with Gasteiger partial charge in [0, 0.05) is 37.7 Å². The molecule has 0 spiro atoms. The lowest BCUT2D eigenvalue weighted by atomic mass is 9.99. The van der Waals surface area contributed by atoms with E-state index in [-0.39, 0.29) is 24.1 Å². The maximum atomic E-state index is 13.4. The molecule has 1 aromatic carbocycles. The van der Waals surface area contributed by atoms with Gasteiger partial charge in [0.1, 0.15) is 6.04 Å². The highest BCUT2D eigenvalue weighted by atomic mass is 16.2. The summed E-state index contributed by atoms with van der Waals surface area (Å²) >= 11 is 0. The smallest absolute Gasteiger partial charge is 0.255 e. The first-order valence-electron chi connectivity index (χ1n) is 11.3. The van der Waals surface area contributed by atoms with E-state index >= 15 is 0 Å². The minimum absolute atomic E-state index is 0.0632. The number of amides is 3. The lowest BCUT2D eigenvalue weighted by Gasteiger charge is -2.35. The molecular formula is C23H30N4O3. The highest BCUT2D eigenvalue weighted by Gasteiger charge is 2.40. The Labute approximate surface area is 177 Å². The van der Waals surface area contributed by atoms with Crippen LogP contribution in [0, 0.1) is 5.92 Å². The first kappa shape index (κ1) is 19.7. The van der Waals surface area contributed by atoms with Crippen molar-refractivity contribution in [2.24, 2.45) is 5.92 Å². The van der Waals surface area contributed by atoms with Crippen molar-refractivity contribution in [3.63, 3.8) is 0 Å². The van der Waals surface area contributed by atoms with Crippen LogP contribution in [0.5, 0.6) is 0 Å². The Bertz CT molecular complexity index is 860. The van der Waals surface area contributed by atoms with Gasteiger partial charge < -0.3 is 10.2 Å². The fourth-order valence-electron chi connectivity index (χ4n) is 5.19. The summed E-state index contributed by atoms with van der Waals surface area (Å²) < 4.78 is 0. The van der Waals surface area contributed by atoms with Gasteiger partial charge in [-0.05, 0) is 62.2 Å². The number of carbonyl (C=O) groups is 3. The van der Waals surface area contributed by atoms with Gasteiger partial charge in [0.15, 0.2) is 0 Å². The topological polar surface area (TPSA) is 81.8 Å². The van der Waals surface area contributed by atoms with Gasteiger partial charge in [-0.2, -0.15) is 0 Å². The summed E-state index contributed by atoms with van der Waals surface area (Å²) in [6.45, 7) is 4.46. The van der Waals surface area contributed by atoms with Crippen molar-refractivity contribution in [3.8, 4) is 0 Å². The molecule has 1 unspecified atom stereocenters. The van der Waals surface area contributed by atoms with E-state index < -0.39 is 6.04 Å². The number of rotatable bonds is 6. The van der Waals surface area contributed by atoms with Crippen molar-refractivity contribution >= 4 is 17.7 Å². The predicted molar refractivity (Wildman–Crippen MR) is 112 cm³/mol. The quantitative estimate of drug-likeness (QED) is 0.693. The summed E-state index contributed by atoms with van der Waals surface area (Å²) in [5.74, 6) is 0.136. The molecule has 7 heteroatoms. The Kier molecular flexibility index (Phi) is 5.33. The average molecular weight is 411 g/mol. The minimum Gasteiger partial charge on any atom is -0.322 e. The zero-order valence-electron chi connectivity index (χ0n) is 17.4. The fourth-order valence-corrected chi connectivity index (χ4v) is 5.19. The van der Waals surface area contributed by atoms with Crippen LogP contribution in [0.1, 0.15) is 60.0 Å². The number of hydrogen-bond donors (Lipinski definition) is 2. The highest BCUT2D eigenvalue weighted by molar-refractivity contribution is 6.05. The van der Waals surface area contributed by atoms with Gasteiger partial charge in [0.2, 0.25) is 11.8 Å². The van der Waals surface area contributed by atoms with Gasteiger partial charge in [-0.25, -0.2) is 0 Å². The van der Waals surface area contributed by atoms with Crippen molar-refractivity contribution in [2.45, 2.75) is 63.7 Å². The van der Waals surface area contributed by atoms with Gasteiger partial charge >= 0.3 is 0 Å². The number of carbonyl (C=O) groups excluding carboxylic acids is 3. The molecule has 1 aliphatic carbocycles. The molecule has 160 valence electrons. The molecule has 3 heterocycles. The Morgan fingerprint density at radius 1 is 1.03 bits per heavy atom. The molecule has 3 aliphatic heterocycles. The number of imide groups is 1. The van der Waals surface area contributed by atoms with E-state index in [0.717, 1.165) is 61.6 Å². The predicted octanol–water partition coefficient (Wildman–Crippen LogP) is 1.41. The molecule has 30 heavy (non-hydrogen) atoms. The average Bonchev–Trinajstić information content (AvgIpc) is 3.50. The number of nitrogens with zero attached hydrogens (tertiary/aromatic N) is 2. The maximum Gasteiger partial charge on any atom is 0.255 e. The summed E-state index contributed by atoms with van der Waals surface area (Å²) in [6, 6.07) is 6.12. The van der Waals surface area contributed by atoms with Crippen LogP contribution in [-0.2, 0) is 22.7 Å². The van der Waals surface area contributed by atoms with Crippen LogP contribution >= 0.6 is 0 Å². The summed E-state index contributed by atoms with van der Waals surface area (Å²) in [6.07, 6.45) is 5.63. The third kappa shape index (κ3) is 3.88. The van der Waals surface area contributed by atoms with E-state index in [4.69, 9.17) is 0 Å². The largest absolute Gasteiger partial charge is 0.322 e. The Morgan fingerprint density at radius 3 is 2.57 bits per heavy atom. The standard InChI is InChI=1S/C23H30N4O3/c28-20-7-6-19(22(29)25-20)27-14-17-3-1-2-16(21(17)23(27)30)13-26(12-15-4-5-15)18-8-10-24-11-9-18/h1-3,15,18-19,24H,4-14H2,(H,25,28,29). The SMILES string of the molecule is O=C1CCC(N2Cc3cccc(CN(CC4CC4)C4CCNCC4)c3C2=O)C(=O)N1. The van der Waals surface area contributed by atoms with Gasteiger partial charge in [-0.1, -0.05) is 18.2 Å². The monoisotopic (exact) mass is 410 g/mol. The number of nitrogens with one attached hydrogen (secondary N) is 2. The molecule has 2 N–H and O–H groups in total. The van der Waals surface area contributed by atoms with Crippen molar-refractivity contribution in [3.05, 3.63) is 34.9 Å². The second-order valence-corrected chi connectivity index (χ2v) is 9.21. The van der Waals surface area contributed by atoms with Crippen LogP contribution in [0.4, 0.5) is 0 Å². The maximum absolute atomic E-state index is 13.4. The number of hydrogen-bond acceptors (Lipinski definition) is 5. The van der Waals surface area contributed by atoms with Crippen LogP contribution in [0.25, 0.3) is 0 Å². The van der Waals surface area contributed by atoms with Crippen molar-refractivity contribution < 1.29 is 14.4 Å². The highest BCUT2D eigenvalue weighted by Crippen LogP contribution is 2.34. The van der Waals surface area contributed by atoms with Crippen molar-refractivity contribution in [1.29, 1.82) is 0 Å². The van der Waals surface area contributed by atoms with Crippen LogP contribution < -0.4 is 10.6 Å². The molecule has 3 fully saturated rings. The van der Waals surface area contributed by atoms with Gasteiger partial charge in [-0.3, -0.25) is 24.6 Å². The normalized spacial score (nSPS) is 25.0. The minimum atomic E-state index is -0.553. The van der Waals surface area contributed by atoms with Gasteiger partial charge in [0.25, 0.3) is 5.91 Å². The van der Waals surface area contributed by atoms with E-state index in [1.165, 1.54) is 12.8 Å². The third-order valence-corrected chi connectivity index (χ3v) is 7.03. The lowest BCUT2D eigenvalue weighted by Crippen LogP contribution is -2.52. The van der Waals surface area contributed by atoms with Crippen molar-refractivity contribution in [2.75, 3.05) is 19.6 Å². The molecule has 0 aromatic heterocycles. The molecular weight excluding hydrogens is 380 g/mol. The van der Waals surface area contributed by atoms with E-state index in [2.05, 4.69) is 21.6 Å². The number of fused-ring (bicyclic) bond motifs is 1. The molecule has 0 bridgehead atoms. The van der Waals surface area contributed by atoms with Crippen LogP contribution in [0.15, 0.2) is 18.2 Å². The summed E-state index contributed by atoms with van der Waals surface area (Å²) in [5.41, 5.74) is 2.85. The lowest BCUT2D eigenvalue weighted by molar-refractivity contribution is -0.136. The molecule has 5 rings (SSSR count). The molecule has 4 aliphatic rings. The molecule has 3 amide bonds. The zero-order chi connectivity index (χ0) is 20.7. The second-order valence-electron chi connectivity index (χ2n) is 9.21. The first-order chi connectivity index (χ1) is 14.6. The van der Waals surface area contributed by atoms with Gasteiger partial charge in [0.05, 0.1) is 0 Å². The molecule has 1 aromatic rings. The first-order valence-corrected chi connectivity index (χ1v) is 11.3. The zero-order valence-corrected chi connectivity index (χ0v) is 17.4. The van der Waals surface area contributed by atoms with Gasteiger partial charge in [-0.15, -0.1) is 0 Å². The number of piperidine rings is 2. The van der Waals surface area contributed by atoms with E-state index in [9.17, 15) is 14.4 Å². The number of benzene rings is 1. The van der Waals surface area contributed by atoms with Crippen LogP contribution in [0.2, 0.25) is 0 Å². The van der Waals surface area contributed by atoms with E-state index in [1.54, 1.807) is 4.90 Å². The molecule has 0 radical (unpaired) electrons. The summed E-state index contributed by atoms with van der Waals surface area (Å²) in [4.78, 5) is 41.5. The Balaban J connectivity index is 1.37. The van der Waals surface area contributed by atoms with Crippen molar-refractivity contribution in [1.82, 2.24) is 20.4 Å². The van der Waals surface area contributed by atoms with E-state index in [1.807, 2.05) is 12.1 Å². The Hall–Kier alpha value is -2.25. The second kappa shape index (κ2) is 8.12. The molecule has 1 atom stereocenters. The molecule has 1 saturated carbocycles. The third-order valence-electron chi connectivity index (χ3n) is 7.03. The fraction of sp³-hybridized carbons (Fsp3) is 0.609. The molecule has 2 saturated heterocycles. The van der Waals surface area contributed by atoms with Crippen LogP contribution in [-0.4, -0.2) is 59.2 Å². The van der Waals surface area contributed by atoms with E-state index in [0.29, 0.717) is 19.0 Å².